The second kappa shape index (κ2) is 27.2. The van der Waals surface area contributed by atoms with Crippen LogP contribution in [0.1, 0.15) is 118 Å². The lowest BCUT2D eigenvalue weighted by Crippen LogP contribution is -2.34. The van der Waals surface area contributed by atoms with Crippen molar-refractivity contribution in [1.82, 2.24) is 10.2 Å². The minimum Gasteiger partial charge on any atom is -0.465 e. The first-order valence-electron chi connectivity index (χ1n) is 15.4. The number of carbonyl (C=O) groups is 2. The van der Waals surface area contributed by atoms with Crippen LogP contribution in [0.4, 0.5) is 4.79 Å². The summed E-state index contributed by atoms with van der Waals surface area (Å²) in [5, 5.41) is 2.73. The van der Waals surface area contributed by atoms with Gasteiger partial charge in [0.25, 0.3) is 0 Å². The molecule has 8 nitrogen and oxygen atoms in total. The molecule has 0 saturated heterocycles. The third kappa shape index (κ3) is 24.9. The molecule has 0 spiro atoms. The molecule has 0 radical (unpaired) electrons. The van der Waals surface area contributed by atoms with E-state index in [9.17, 15) is 9.59 Å². The number of nitrogens with one attached hydrogen (secondary N) is 1. The number of amides is 1. The Kier molecular flexibility index (Phi) is 26.2. The number of nitrogens with zero attached hydrogens (tertiary/aromatic N) is 1. The Morgan fingerprint density at radius 1 is 0.763 bits per heavy atom. The number of unbranched alkanes of at least 4 members (excludes halogenated alkanes) is 10. The van der Waals surface area contributed by atoms with Crippen molar-refractivity contribution in [2.75, 3.05) is 53.1 Å². The van der Waals surface area contributed by atoms with Crippen LogP contribution in [0.3, 0.4) is 0 Å². The van der Waals surface area contributed by atoms with Gasteiger partial charge in [0, 0.05) is 38.6 Å². The summed E-state index contributed by atoms with van der Waals surface area (Å²) < 4.78 is 22.6. The predicted octanol–water partition coefficient (Wildman–Crippen LogP) is 6.70. The predicted molar refractivity (Wildman–Crippen MR) is 154 cm³/mol. The lowest BCUT2D eigenvalue weighted by molar-refractivity contribution is -0.160. The fourth-order valence-corrected chi connectivity index (χ4v) is 3.78. The smallest absolute Gasteiger partial charge is 0.407 e. The van der Waals surface area contributed by atoms with E-state index in [1.165, 1.54) is 64.2 Å². The van der Waals surface area contributed by atoms with Crippen molar-refractivity contribution in [1.29, 1.82) is 0 Å². The molecule has 0 aliphatic carbocycles. The lowest BCUT2D eigenvalue weighted by Gasteiger charge is -2.19. The second-order valence-corrected chi connectivity index (χ2v) is 10.5. The van der Waals surface area contributed by atoms with Crippen LogP contribution in [0.25, 0.3) is 0 Å². The van der Waals surface area contributed by atoms with Crippen molar-refractivity contribution in [2.45, 2.75) is 124 Å². The fourth-order valence-electron chi connectivity index (χ4n) is 3.78. The second-order valence-electron chi connectivity index (χ2n) is 10.5. The first-order valence-corrected chi connectivity index (χ1v) is 15.4. The maximum atomic E-state index is 12.3. The quantitative estimate of drug-likeness (QED) is 0.0699. The Morgan fingerprint density at radius 3 is 1.84 bits per heavy atom. The molecule has 1 N–H and O–H groups in total. The van der Waals surface area contributed by atoms with Crippen molar-refractivity contribution in [2.24, 2.45) is 5.92 Å². The average molecular weight is 545 g/mol. The molecule has 1 amide bonds. The molecule has 0 aliphatic heterocycles. The van der Waals surface area contributed by atoms with Crippen LogP contribution in [-0.2, 0) is 23.7 Å². The van der Waals surface area contributed by atoms with E-state index >= 15 is 0 Å². The monoisotopic (exact) mass is 544 g/mol. The van der Waals surface area contributed by atoms with Gasteiger partial charge in [-0.05, 0) is 26.4 Å². The summed E-state index contributed by atoms with van der Waals surface area (Å²) in [5.74, 6) is -0.355. The Bertz CT molecular complexity index is 531. The Balaban J connectivity index is 4.18. The van der Waals surface area contributed by atoms with Crippen molar-refractivity contribution in [3.63, 3.8) is 0 Å². The lowest BCUT2D eigenvalue weighted by atomic mass is 10.1. The first-order chi connectivity index (χ1) is 18.4. The van der Waals surface area contributed by atoms with Crippen LogP contribution in [0.5, 0.6) is 0 Å². The highest BCUT2D eigenvalue weighted by atomic mass is 16.7. The van der Waals surface area contributed by atoms with Crippen LogP contribution in [0.15, 0.2) is 0 Å². The molecule has 1 unspecified atom stereocenters. The van der Waals surface area contributed by atoms with Gasteiger partial charge >= 0.3 is 12.1 Å². The largest absolute Gasteiger partial charge is 0.465 e. The molecule has 0 rings (SSSR count). The van der Waals surface area contributed by atoms with Crippen LogP contribution in [0.2, 0.25) is 0 Å². The molecule has 0 heterocycles. The number of esters is 1. The maximum Gasteiger partial charge on any atom is 0.407 e. The van der Waals surface area contributed by atoms with Crippen molar-refractivity contribution < 1.29 is 28.5 Å². The molecule has 1 atom stereocenters. The van der Waals surface area contributed by atoms with E-state index in [-0.39, 0.29) is 37.8 Å². The maximum absolute atomic E-state index is 12.3. The zero-order valence-electron chi connectivity index (χ0n) is 25.4. The number of alkyl carbamates (subject to hydrolysis) is 1. The highest BCUT2D eigenvalue weighted by Gasteiger charge is 2.15. The first kappa shape index (κ1) is 36.6. The summed E-state index contributed by atoms with van der Waals surface area (Å²) in [6.07, 6.45) is 14.4. The Morgan fingerprint density at radius 2 is 1.29 bits per heavy atom. The Labute approximate surface area is 233 Å². The normalized spacial score (nSPS) is 12.2. The molecule has 226 valence electrons. The number of ether oxygens (including phenoxy) is 4. The van der Waals surface area contributed by atoms with E-state index in [0.29, 0.717) is 26.2 Å². The van der Waals surface area contributed by atoms with E-state index in [4.69, 9.17) is 18.9 Å². The summed E-state index contributed by atoms with van der Waals surface area (Å²) in [4.78, 5) is 26.2. The summed E-state index contributed by atoms with van der Waals surface area (Å²) in [5.41, 5.74) is 0. The average Bonchev–Trinajstić information content (AvgIpc) is 2.91. The van der Waals surface area contributed by atoms with Crippen molar-refractivity contribution >= 4 is 12.1 Å². The van der Waals surface area contributed by atoms with Gasteiger partial charge in [-0.15, -0.1) is 0 Å². The third-order valence-electron chi connectivity index (χ3n) is 6.52. The summed E-state index contributed by atoms with van der Waals surface area (Å²) in [6.45, 7) is 12.4. The van der Waals surface area contributed by atoms with E-state index < -0.39 is 6.09 Å². The highest BCUT2D eigenvalue weighted by molar-refractivity contribution is 5.69. The fraction of sp³-hybridized carbons (Fsp3) is 0.933. The number of rotatable bonds is 27. The molecule has 38 heavy (non-hydrogen) atoms. The molecule has 0 bridgehead atoms. The summed E-state index contributed by atoms with van der Waals surface area (Å²) >= 11 is 0. The SMILES string of the molecule is CCCCCCCCOC(CCC(=O)OCC(C)COC(=O)NCCN(C)CC)OCCCCCCCC. The van der Waals surface area contributed by atoms with Gasteiger partial charge < -0.3 is 29.2 Å². The number of likely N-dealkylation sites (N-methyl/N-ethyl adjacent to an activating group) is 1. The van der Waals surface area contributed by atoms with Crippen LogP contribution >= 0.6 is 0 Å². The molecule has 8 heteroatoms. The molecule has 0 aromatic carbocycles. The molecule has 0 aromatic rings. The summed E-state index contributed by atoms with van der Waals surface area (Å²) in [6, 6.07) is 0. The minimum atomic E-state index is -0.444. The molecule has 0 aromatic heterocycles. The van der Waals surface area contributed by atoms with Gasteiger partial charge in [0.1, 0.15) is 0 Å². The number of carbonyl (C=O) groups excluding carboxylic acids is 2. The van der Waals surface area contributed by atoms with Gasteiger partial charge in [-0.1, -0.05) is 91.9 Å². The standard InChI is InChI=1S/C30H60N2O6/c1-6-9-11-13-15-17-23-35-29(36-24-18-16-14-12-10-7-2)20-19-28(33)37-25-27(4)26-38-30(34)31-21-22-32(5)8-3/h27,29H,6-26H2,1-5H3,(H,31,34). The molecular formula is C30H60N2O6. The van der Waals surface area contributed by atoms with Gasteiger partial charge in [-0.3, -0.25) is 4.79 Å². The summed E-state index contributed by atoms with van der Waals surface area (Å²) in [7, 11) is 2.00. The Hall–Kier alpha value is -1.38. The van der Waals surface area contributed by atoms with Crippen LogP contribution in [-0.4, -0.2) is 76.4 Å². The van der Waals surface area contributed by atoms with Crippen LogP contribution < -0.4 is 5.32 Å². The van der Waals surface area contributed by atoms with Gasteiger partial charge in [0.15, 0.2) is 6.29 Å². The van der Waals surface area contributed by atoms with Gasteiger partial charge in [0.2, 0.25) is 0 Å². The number of hydrogen-bond acceptors (Lipinski definition) is 7. The van der Waals surface area contributed by atoms with E-state index in [1.54, 1.807) is 0 Å². The van der Waals surface area contributed by atoms with E-state index in [1.807, 2.05) is 14.0 Å². The van der Waals surface area contributed by atoms with Gasteiger partial charge in [-0.2, -0.15) is 0 Å². The van der Waals surface area contributed by atoms with E-state index in [0.717, 1.165) is 25.9 Å². The highest BCUT2D eigenvalue weighted by Crippen LogP contribution is 2.12. The van der Waals surface area contributed by atoms with Gasteiger partial charge in [-0.25, -0.2) is 4.79 Å². The third-order valence-corrected chi connectivity index (χ3v) is 6.52. The zero-order chi connectivity index (χ0) is 28.3. The molecule has 0 saturated carbocycles. The van der Waals surface area contributed by atoms with Gasteiger partial charge in [0.05, 0.1) is 19.6 Å². The molecule has 0 aliphatic rings. The molecule has 0 fully saturated rings. The van der Waals surface area contributed by atoms with E-state index in [2.05, 4.69) is 31.0 Å². The van der Waals surface area contributed by atoms with Crippen molar-refractivity contribution in [3.8, 4) is 0 Å². The van der Waals surface area contributed by atoms with Crippen LogP contribution in [0, 0.1) is 5.92 Å². The molecular weight excluding hydrogens is 484 g/mol. The van der Waals surface area contributed by atoms with Crippen molar-refractivity contribution in [3.05, 3.63) is 0 Å². The number of hydrogen-bond donors (Lipinski definition) is 1. The topological polar surface area (TPSA) is 86.3 Å². The minimum absolute atomic E-state index is 0.0771. The zero-order valence-corrected chi connectivity index (χ0v) is 25.4.